The van der Waals surface area contributed by atoms with Crippen LogP contribution in [0.5, 0.6) is 0 Å². The van der Waals surface area contributed by atoms with Gasteiger partial charge >= 0.3 is 6.18 Å². The molecule has 0 aromatic heterocycles. The van der Waals surface area contributed by atoms with E-state index in [2.05, 4.69) is 15.6 Å². The van der Waals surface area contributed by atoms with E-state index < -0.39 is 21.6 Å². The van der Waals surface area contributed by atoms with Crippen LogP contribution in [0.2, 0.25) is 0 Å². The first-order valence-corrected chi connectivity index (χ1v) is 10.9. The van der Waals surface area contributed by atoms with Gasteiger partial charge in [0.1, 0.15) is 9.84 Å². The van der Waals surface area contributed by atoms with Crippen LogP contribution in [0.1, 0.15) is 36.8 Å². The van der Waals surface area contributed by atoms with Gasteiger partial charge in [-0.15, -0.1) is 0 Å². The molecule has 0 aliphatic heterocycles. The summed E-state index contributed by atoms with van der Waals surface area (Å²) in [4.78, 5) is 4.10. The van der Waals surface area contributed by atoms with Gasteiger partial charge < -0.3 is 10.6 Å². The Hall–Kier alpha value is -1.77. The smallest absolute Gasteiger partial charge is 0.356 e. The molecule has 1 aliphatic carbocycles. The minimum absolute atomic E-state index is 0.0885. The largest absolute Gasteiger partial charge is 0.416 e. The lowest BCUT2D eigenvalue weighted by atomic mass is 9.64. The number of aliphatic imine (C=N–C) groups is 1. The van der Waals surface area contributed by atoms with Crippen LogP contribution in [0, 0.1) is 0 Å². The van der Waals surface area contributed by atoms with Crippen molar-refractivity contribution >= 4 is 15.8 Å². The molecule has 0 bridgehead atoms. The molecule has 1 aromatic rings. The second-order valence-corrected chi connectivity index (χ2v) is 9.31. The summed E-state index contributed by atoms with van der Waals surface area (Å²) in [7, 11) is -1.40. The molecule has 2 N–H and O–H groups in total. The van der Waals surface area contributed by atoms with Gasteiger partial charge in [0, 0.05) is 31.8 Å². The van der Waals surface area contributed by atoms with E-state index in [-0.39, 0.29) is 11.2 Å². The van der Waals surface area contributed by atoms with Gasteiger partial charge in [-0.3, -0.25) is 4.99 Å². The third-order valence-electron chi connectivity index (χ3n) is 4.92. The molecular weight excluding hydrogens is 379 g/mol. The molecule has 0 unspecified atom stereocenters. The Morgan fingerprint density at radius 3 is 2.48 bits per heavy atom. The predicted octanol–water partition coefficient (Wildman–Crippen LogP) is 2.73. The summed E-state index contributed by atoms with van der Waals surface area (Å²) in [6, 6.07) is 5.53. The molecule has 1 fully saturated rings. The zero-order chi connectivity index (χ0) is 20.1. The Balaban J connectivity index is 1.98. The third kappa shape index (κ3) is 6.12. The van der Waals surface area contributed by atoms with Gasteiger partial charge in [-0.25, -0.2) is 8.42 Å². The second-order valence-electron chi connectivity index (χ2n) is 7.05. The Morgan fingerprint density at radius 1 is 1.26 bits per heavy atom. The zero-order valence-corrected chi connectivity index (χ0v) is 16.4. The Kier molecular flexibility index (Phi) is 6.77. The number of alkyl halides is 3. The predicted molar refractivity (Wildman–Crippen MR) is 101 cm³/mol. The molecule has 152 valence electrons. The number of nitrogens with one attached hydrogen (secondary N) is 2. The first-order chi connectivity index (χ1) is 12.6. The Labute approximate surface area is 158 Å². The van der Waals surface area contributed by atoms with Crippen LogP contribution >= 0.6 is 0 Å². The van der Waals surface area contributed by atoms with Crippen LogP contribution in [0.25, 0.3) is 0 Å². The molecule has 9 heteroatoms. The van der Waals surface area contributed by atoms with Gasteiger partial charge in [0.15, 0.2) is 5.96 Å². The van der Waals surface area contributed by atoms with Crippen molar-refractivity contribution in [3.8, 4) is 0 Å². The highest BCUT2D eigenvalue weighted by molar-refractivity contribution is 7.90. The summed E-state index contributed by atoms with van der Waals surface area (Å²) < 4.78 is 61.3. The monoisotopic (exact) mass is 405 g/mol. The van der Waals surface area contributed by atoms with Crippen molar-refractivity contribution in [3.63, 3.8) is 0 Å². The normalized spacial score (nSPS) is 17.3. The molecule has 1 aliphatic rings. The van der Waals surface area contributed by atoms with Crippen LogP contribution in [0.3, 0.4) is 0 Å². The highest BCUT2D eigenvalue weighted by Crippen LogP contribution is 2.44. The average Bonchev–Trinajstić information content (AvgIpc) is 2.54. The van der Waals surface area contributed by atoms with Gasteiger partial charge in [0.25, 0.3) is 0 Å². The number of hydrogen-bond acceptors (Lipinski definition) is 3. The van der Waals surface area contributed by atoms with Gasteiger partial charge in [0.2, 0.25) is 0 Å². The van der Waals surface area contributed by atoms with E-state index in [0.29, 0.717) is 31.0 Å². The van der Waals surface area contributed by atoms with Crippen LogP contribution in [0.15, 0.2) is 29.3 Å². The number of benzene rings is 1. The second kappa shape index (κ2) is 8.50. The van der Waals surface area contributed by atoms with Crippen molar-refractivity contribution in [2.24, 2.45) is 4.99 Å². The molecule has 1 saturated carbocycles. The molecule has 2 rings (SSSR count). The Morgan fingerprint density at radius 2 is 1.96 bits per heavy atom. The summed E-state index contributed by atoms with van der Waals surface area (Å²) >= 11 is 0. The maximum absolute atomic E-state index is 13.0. The number of halogens is 3. The molecule has 27 heavy (non-hydrogen) atoms. The van der Waals surface area contributed by atoms with E-state index in [1.165, 1.54) is 18.4 Å². The van der Waals surface area contributed by atoms with E-state index in [1.54, 1.807) is 13.1 Å². The van der Waals surface area contributed by atoms with Crippen LogP contribution in [-0.4, -0.2) is 46.5 Å². The third-order valence-corrected chi connectivity index (χ3v) is 5.95. The van der Waals surface area contributed by atoms with E-state index in [1.807, 2.05) is 0 Å². The molecule has 0 saturated heterocycles. The lowest BCUT2D eigenvalue weighted by molar-refractivity contribution is -0.137. The summed E-state index contributed by atoms with van der Waals surface area (Å²) in [6.07, 6.45) is -0.115. The van der Waals surface area contributed by atoms with Crippen LogP contribution in [-0.2, 0) is 21.4 Å². The number of rotatable bonds is 7. The summed E-state index contributed by atoms with van der Waals surface area (Å²) in [6.45, 7) is 0.920. The van der Waals surface area contributed by atoms with Crippen molar-refractivity contribution in [1.82, 2.24) is 10.6 Å². The number of nitrogens with zero attached hydrogens (tertiary/aromatic N) is 1. The number of sulfone groups is 1. The summed E-state index contributed by atoms with van der Waals surface area (Å²) in [5.74, 6) is 0.604. The van der Waals surface area contributed by atoms with E-state index in [4.69, 9.17) is 0 Å². The first-order valence-electron chi connectivity index (χ1n) is 8.86. The van der Waals surface area contributed by atoms with Crippen molar-refractivity contribution < 1.29 is 21.6 Å². The lowest BCUT2D eigenvalue weighted by Crippen LogP contribution is -2.49. The molecule has 0 spiro atoms. The van der Waals surface area contributed by atoms with Gasteiger partial charge in [0.05, 0.1) is 11.3 Å². The SMILES string of the molecule is CN=C(NCCCS(C)(=O)=O)NCC1(c2cccc(C(F)(F)F)c2)CCC1. The molecule has 0 radical (unpaired) electrons. The maximum Gasteiger partial charge on any atom is 0.416 e. The lowest BCUT2D eigenvalue weighted by Gasteiger charge is -2.43. The average molecular weight is 405 g/mol. The van der Waals surface area contributed by atoms with Crippen molar-refractivity contribution in [1.29, 1.82) is 0 Å². The molecule has 0 atom stereocenters. The summed E-state index contributed by atoms with van der Waals surface area (Å²) in [5, 5.41) is 6.22. The van der Waals surface area contributed by atoms with Gasteiger partial charge in [-0.2, -0.15) is 13.2 Å². The standard InChI is InChI=1S/C18H26F3N3O2S/c1-22-16(23-10-5-11-27(2,25)26)24-13-17(8-4-9-17)14-6-3-7-15(12-14)18(19,20)21/h3,6-7,12H,4-5,8-11,13H2,1-2H3,(H2,22,23,24). The Bertz CT molecular complexity index is 772. The van der Waals surface area contributed by atoms with Crippen LogP contribution < -0.4 is 10.6 Å². The van der Waals surface area contributed by atoms with E-state index >= 15 is 0 Å². The van der Waals surface area contributed by atoms with Gasteiger partial charge in [-0.1, -0.05) is 24.6 Å². The molecule has 0 amide bonds. The van der Waals surface area contributed by atoms with Crippen molar-refractivity contribution in [2.75, 3.05) is 32.1 Å². The molecular formula is C18H26F3N3O2S. The molecule has 0 heterocycles. The minimum Gasteiger partial charge on any atom is -0.356 e. The minimum atomic E-state index is -4.36. The quantitative estimate of drug-likeness (QED) is 0.416. The van der Waals surface area contributed by atoms with Crippen molar-refractivity contribution in [2.45, 2.75) is 37.3 Å². The number of guanidine groups is 1. The molecule has 5 nitrogen and oxygen atoms in total. The zero-order valence-electron chi connectivity index (χ0n) is 15.6. The van der Waals surface area contributed by atoms with E-state index in [0.717, 1.165) is 25.3 Å². The highest BCUT2D eigenvalue weighted by Gasteiger charge is 2.40. The number of hydrogen-bond donors (Lipinski definition) is 2. The topological polar surface area (TPSA) is 70.6 Å². The van der Waals surface area contributed by atoms with E-state index in [9.17, 15) is 21.6 Å². The summed E-state index contributed by atoms with van der Waals surface area (Å²) in [5.41, 5.74) is -0.288. The fourth-order valence-electron chi connectivity index (χ4n) is 3.21. The fourth-order valence-corrected chi connectivity index (χ4v) is 3.88. The van der Waals surface area contributed by atoms with Crippen LogP contribution in [0.4, 0.5) is 13.2 Å². The highest BCUT2D eigenvalue weighted by atomic mass is 32.2. The first kappa shape index (κ1) is 21.5. The molecule has 1 aromatic carbocycles. The van der Waals surface area contributed by atoms with Gasteiger partial charge in [-0.05, 0) is 30.9 Å². The fraction of sp³-hybridized carbons (Fsp3) is 0.611. The van der Waals surface area contributed by atoms with Crippen molar-refractivity contribution in [3.05, 3.63) is 35.4 Å². The maximum atomic E-state index is 13.0.